The molecule has 1 N–H and O–H groups in total. The Kier molecular flexibility index (Phi) is 2.20. The van der Waals surface area contributed by atoms with Gasteiger partial charge in [0.15, 0.2) is 0 Å². The molecule has 0 aromatic carbocycles. The van der Waals surface area contributed by atoms with Gasteiger partial charge in [-0.05, 0) is 12.5 Å². The molecule has 54 valence electrons. The van der Waals surface area contributed by atoms with Crippen LogP contribution in [0, 0.1) is 0 Å². The van der Waals surface area contributed by atoms with E-state index >= 15 is 0 Å². The summed E-state index contributed by atoms with van der Waals surface area (Å²) < 4.78 is 0. The van der Waals surface area contributed by atoms with Crippen LogP contribution in [0.5, 0.6) is 0 Å². The quantitative estimate of drug-likeness (QED) is 0.662. The van der Waals surface area contributed by atoms with Gasteiger partial charge < -0.3 is 5.32 Å². The van der Waals surface area contributed by atoms with Crippen molar-refractivity contribution in [2.24, 2.45) is 0 Å². The summed E-state index contributed by atoms with van der Waals surface area (Å²) in [6, 6.07) is 1.92. The number of nitrogens with zero attached hydrogens (tertiary/aromatic N) is 2. The van der Waals surface area contributed by atoms with Crippen molar-refractivity contribution in [3.8, 4) is 0 Å². The normalized spacial score (nSPS) is 9.40. The maximum absolute atomic E-state index is 4.19. The van der Waals surface area contributed by atoms with Crippen LogP contribution in [0.2, 0.25) is 0 Å². The van der Waals surface area contributed by atoms with Crippen LogP contribution in [-0.4, -0.2) is 17.0 Å². The van der Waals surface area contributed by atoms with E-state index < -0.39 is 0 Å². The fourth-order valence-corrected chi connectivity index (χ4v) is 0.713. The summed E-state index contributed by atoms with van der Waals surface area (Å²) in [5.74, 6) is 0.694. The van der Waals surface area contributed by atoms with E-state index in [0.29, 0.717) is 5.95 Å². The molecule has 0 spiro atoms. The molecule has 0 aliphatic rings. The highest BCUT2D eigenvalue weighted by molar-refractivity contribution is 5.23. The third kappa shape index (κ3) is 1.43. The van der Waals surface area contributed by atoms with E-state index in [2.05, 4.69) is 22.2 Å². The summed E-state index contributed by atoms with van der Waals surface area (Å²) in [6.07, 6.45) is 2.72. The van der Waals surface area contributed by atoms with Gasteiger partial charge in [0.25, 0.3) is 0 Å². The van der Waals surface area contributed by atoms with E-state index in [1.54, 1.807) is 6.20 Å². The van der Waals surface area contributed by atoms with Crippen molar-refractivity contribution < 1.29 is 0 Å². The zero-order chi connectivity index (χ0) is 7.40. The van der Waals surface area contributed by atoms with Gasteiger partial charge in [-0.3, -0.25) is 0 Å². The number of anilines is 1. The second-order valence-electron chi connectivity index (χ2n) is 1.98. The van der Waals surface area contributed by atoms with Crippen molar-refractivity contribution in [3.63, 3.8) is 0 Å². The van der Waals surface area contributed by atoms with Crippen LogP contribution in [0.15, 0.2) is 12.3 Å². The first-order valence-corrected chi connectivity index (χ1v) is 3.36. The molecule has 3 heteroatoms. The second-order valence-corrected chi connectivity index (χ2v) is 1.98. The average molecular weight is 137 g/mol. The van der Waals surface area contributed by atoms with Crippen molar-refractivity contribution in [2.45, 2.75) is 13.3 Å². The van der Waals surface area contributed by atoms with Gasteiger partial charge in [0.05, 0.1) is 0 Å². The third-order valence-corrected chi connectivity index (χ3v) is 1.30. The first kappa shape index (κ1) is 6.99. The maximum atomic E-state index is 4.19. The molecule has 1 heterocycles. The van der Waals surface area contributed by atoms with E-state index in [1.165, 1.54) is 0 Å². The van der Waals surface area contributed by atoms with Crippen molar-refractivity contribution in [1.29, 1.82) is 0 Å². The van der Waals surface area contributed by atoms with Gasteiger partial charge in [-0.2, -0.15) is 0 Å². The molecule has 0 amide bonds. The molecular weight excluding hydrogens is 126 g/mol. The van der Waals surface area contributed by atoms with E-state index in [9.17, 15) is 0 Å². The number of nitrogens with one attached hydrogen (secondary N) is 1. The highest BCUT2D eigenvalue weighted by Crippen LogP contribution is 1.98. The number of hydrogen-bond donors (Lipinski definition) is 1. The van der Waals surface area contributed by atoms with Crippen LogP contribution < -0.4 is 5.32 Å². The summed E-state index contributed by atoms with van der Waals surface area (Å²) in [5, 5.41) is 2.88. The highest BCUT2D eigenvalue weighted by atomic mass is 15.1. The van der Waals surface area contributed by atoms with Crippen molar-refractivity contribution in [1.82, 2.24) is 9.97 Å². The molecule has 0 atom stereocenters. The molecule has 0 saturated heterocycles. The fourth-order valence-electron chi connectivity index (χ4n) is 0.713. The minimum atomic E-state index is 0.694. The summed E-state index contributed by atoms with van der Waals surface area (Å²) in [4.78, 5) is 8.17. The minimum Gasteiger partial charge on any atom is -0.357 e. The molecule has 0 bridgehead atoms. The predicted octanol–water partition coefficient (Wildman–Crippen LogP) is 1.08. The third-order valence-electron chi connectivity index (χ3n) is 1.30. The van der Waals surface area contributed by atoms with Crippen LogP contribution in [-0.2, 0) is 6.42 Å². The van der Waals surface area contributed by atoms with Crippen LogP contribution in [0.1, 0.15) is 12.6 Å². The molecule has 10 heavy (non-hydrogen) atoms. The van der Waals surface area contributed by atoms with Gasteiger partial charge in [0.1, 0.15) is 0 Å². The van der Waals surface area contributed by atoms with Crippen LogP contribution in [0.25, 0.3) is 0 Å². The number of rotatable bonds is 2. The van der Waals surface area contributed by atoms with Crippen LogP contribution in [0.4, 0.5) is 5.95 Å². The average Bonchev–Trinajstić information content (AvgIpc) is 2.05. The number of hydrogen-bond acceptors (Lipinski definition) is 3. The Labute approximate surface area is 60.5 Å². The van der Waals surface area contributed by atoms with E-state index in [0.717, 1.165) is 12.1 Å². The fraction of sp³-hybridized carbons (Fsp3) is 0.429. The maximum Gasteiger partial charge on any atom is 0.222 e. The Hall–Kier alpha value is -1.12. The Morgan fingerprint density at radius 2 is 2.40 bits per heavy atom. The molecule has 1 aromatic heterocycles. The van der Waals surface area contributed by atoms with Gasteiger partial charge in [-0.1, -0.05) is 6.92 Å². The van der Waals surface area contributed by atoms with Gasteiger partial charge in [0.2, 0.25) is 5.95 Å². The van der Waals surface area contributed by atoms with Crippen molar-refractivity contribution in [3.05, 3.63) is 18.0 Å². The van der Waals surface area contributed by atoms with Gasteiger partial charge in [-0.25, -0.2) is 9.97 Å². The zero-order valence-corrected chi connectivity index (χ0v) is 6.26. The monoisotopic (exact) mass is 137 g/mol. The molecule has 1 aromatic rings. The summed E-state index contributed by atoms with van der Waals surface area (Å²) >= 11 is 0. The molecule has 0 saturated carbocycles. The molecule has 0 aliphatic heterocycles. The molecular formula is C7H11N3. The van der Waals surface area contributed by atoms with Gasteiger partial charge in [-0.15, -0.1) is 0 Å². The Balaban J connectivity index is 2.87. The van der Waals surface area contributed by atoms with Gasteiger partial charge >= 0.3 is 0 Å². The summed E-state index contributed by atoms with van der Waals surface area (Å²) in [5.41, 5.74) is 1.07. The van der Waals surface area contributed by atoms with E-state index in [1.807, 2.05) is 13.1 Å². The Morgan fingerprint density at radius 3 is 3.00 bits per heavy atom. The molecule has 0 aliphatic carbocycles. The number of aryl methyl sites for hydroxylation is 1. The lowest BCUT2D eigenvalue weighted by molar-refractivity contribution is 0.999. The van der Waals surface area contributed by atoms with Crippen molar-refractivity contribution in [2.75, 3.05) is 12.4 Å². The SMILES string of the molecule is CCc1ccnc(NC)n1. The van der Waals surface area contributed by atoms with Crippen LogP contribution in [0.3, 0.4) is 0 Å². The molecule has 1 rings (SSSR count). The van der Waals surface area contributed by atoms with Crippen molar-refractivity contribution >= 4 is 5.95 Å². The first-order valence-electron chi connectivity index (χ1n) is 3.36. The molecule has 0 fully saturated rings. The zero-order valence-electron chi connectivity index (χ0n) is 6.26. The largest absolute Gasteiger partial charge is 0.357 e. The smallest absolute Gasteiger partial charge is 0.222 e. The first-order chi connectivity index (χ1) is 4.86. The lowest BCUT2D eigenvalue weighted by atomic mass is 10.3. The van der Waals surface area contributed by atoms with Gasteiger partial charge in [0, 0.05) is 18.9 Å². The minimum absolute atomic E-state index is 0.694. The lowest BCUT2D eigenvalue weighted by Gasteiger charge is -1.98. The molecule has 3 nitrogen and oxygen atoms in total. The Bertz CT molecular complexity index is 191. The highest BCUT2D eigenvalue weighted by Gasteiger charge is 1.91. The van der Waals surface area contributed by atoms with E-state index in [4.69, 9.17) is 0 Å². The van der Waals surface area contributed by atoms with Crippen LogP contribution >= 0.6 is 0 Å². The summed E-state index contributed by atoms with van der Waals surface area (Å²) in [6.45, 7) is 2.07. The van der Waals surface area contributed by atoms with E-state index in [-0.39, 0.29) is 0 Å². The Morgan fingerprint density at radius 1 is 1.60 bits per heavy atom. The number of aromatic nitrogens is 2. The molecule has 0 radical (unpaired) electrons. The predicted molar refractivity (Wildman–Crippen MR) is 41.0 cm³/mol. The topological polar surface area (TPSA) is 37.8 Å². The summed E-state index contributed by atoms with van der Waals surface area (Å²) in [7, 11) is 1.81. The standard InChI is InChI=1S/C7H11N3/c1-3-6-4-5-9-7(8-2)10-6/h4-5H,3H2,1-2H3,(H,8,9,10). The lowest BCUT2D eigenvalue weighted by Crippen LogP contribution is -1.97. The molecule has 0 unspecified atom stereocenters. The second kappa shape index (κ2) is 3.15.